The number of quaternary nitrogens is 1. The quantitative estimate of drug-likeness (QED) is 0.0981. The zero-order chi connectivity index (χ0) is 29.4. The first-order valence-corrected chi connectivity index (χ1v) is 16.1. The molecule has 0 amide bonds. The highest BCUT2D eigenvalue weighted by Gasteiger charge is 2.57. The summed E-state index contributed by atoms with van der Waals surface area (Å²) in [5.74, 6) is 3.81. The van der Waals surface area contributed by atoms with E-state index in [0.717, 1.165) is 56.7 Å². The zero-order valence-electron chi connectivity index (χ0n) is 24.5. The second-order valence-corrected chi connectivity index (χ2v) is 13.4. The van der Waals surface area contributed by atoms with Gasteiger partial charge in [0.1, 0.15) is 23.8 Å². The van der Waals surface area contributed by atoms with Crippen molar-refractivity contribution in [1.82, 2.24) is 0 Å². The van der Waals surface area contributed by atoms with Crippen LogP contribution in [0.1, 0.15) is 23.1 Å². The minimum atomic E-state index is 0.517. The molecule has 1 aromatic heterocycles. The first-order chi connectivity index (χ1) is 20.4. The van der Waals surface area contributed by atoms with E-state index in [-0.39, 0.29) is 0 Å². The van der Waals surface area contributed by atoms with Gasteiger partial charge in [-0.3, -0.25) is 0 Å². The van der Waals surface area contributed by atoms with Crippen LogP contribution in [0.2, 0.25) is 0 Å². The van der Waals surface area contributed by atoms with Crippen LogP contribution in [-0.4, -0.2) is 44.9 Å². The van der Waals surface area contributed by atoms with E-state index in [1.54, 1.807) is 21.3 Å². The Hall–Kier alpha value is -2.87. The van der Waals surface area contributed by atoms with Gasteiger partial charge in [-0.25, -0.2) is 0 Å². The molecule has 0 spiro atoms. The molecule has 7 heteroatoms. The van der Waals surface area contributed by atoms with Gasteiger partial charge in [0.05, 0.1) is 45.8 Å². The highest BCUT2D eigenvalue weighted by atomic mass is 79.9. The molecule has 0 N–H and O–H groups in total. The number of fused-ring (bicyclic) bond motifs is 3. The van der Waals surface area contributed by atoms with E-state index in [1.807, 2.05) is 12.1 Å². The number of piperidine rings is 1. The van der Waals surface area contributed by atoms with Crippen LogP contribution in [0.5, 0.6) is 17.2 Å². The van der Waals surface area contributed by atoms with Crippen molar-refractivity contribution < 1.29 is 23.3 Å². The van der Waals surface area contributed by atoms with Crippen LogP contribution in [0, 0.1) is 11.8 Å². The lowest BCUT2D eigenvalue weighted by molar-refractivity contribution is -0.944. The number of hydrogen-bond donors (Lipinski definition) is 0. The van der Waals surface area contributed by atoms with E-state index in [2.05, 4.69) is 104 Å². The zero-order valence-corrected chi connectivity index (χ0v) is 27.7. The molecule has 4 aromatic rings. The Kier molecular flexibility index (Phi) is 8.36. The average molecular weight is 695 g/mol. The topological polar surface area (TPSA) is 31.6 Å². The summed E-state index contributed by atoms with van der Waals surface area (Å²) in [7, 11) is 5.20. The Morgan fingerprint density at radius 3 is 2.19 bits per heavy atom. The van der Waals surface area contributed by atoms with Crippen molar-refractivity contribution in [3.8, 4) is 17.2 Å². The maximum absolute atomic E-state index is 5.71. The van der Waals surface area contributed by atoms with Crippen molar-refractivity contribution in [2.75, 3.05) is 34.4 Å². The van der Waals surface area contributed by atoms with Gasteiger partial charge in [-0.1, -0.05) is 37.9 Å². The number of halogens is 2. The molecule has 3 unspecified atom stereocenters. The number of nitrogens with zero attached hydrogens (tertiary/aromatic N) is 2. The van der Waals surface area contributed by atoms with Crippen LogP contribution in [-0.2, 0) is 19.5 Å². The smallest absolute Gasteiger partial charge is 0.213 e. The van der Waals surface area contributed by atoms with Crippen molar-refractivity contribution in [1.29, 1.82) is 0 Å². The summed E-state index contributed by atoms with van der Waals surface area (Å²) in [6, 6.07) is 21.8. The summed E-state index contributed by atoms with van der Waals surface area (Å²) in [6.07, 6.45) is 6.71. The lowest BCUT2D eigenvalue weighted by atomic mass is 9.86. The number of methoxy groups -OCH3 is 3. The number of rotatable bonds is 10. The van der Waals surface area contributed by atoms with Crippen LogP contribution >= 0.6 is 31.9 Å². The molecule has 218 valence electrons. The fourth-order valence-corrected chi connectivity index (χ4v) is 8.21. The second kappa shape index (κ2) is 12.0. The molecule has 0 radical (unpaired) electrons. The van der Waals surface area contributed by atoms with Gasteiger partial charge in [0.2, 0.25) is 5.52 Å². The van der Waals surface area contributed by atoms with Crippen molar-refractivity contribution in [3.05, 3.63) is 105 Å². The highest BCUT2D eigenvalue weighted by molar-refractivity contribution is 9.10. The Bertz CT molecular complexity index is 1640. The third-order valence-corrected chi connectivity index (χ3v) is 11.2. The Labute approximate surface area is 265 Å². The van der Waals surface area contributed by atoms with Crippen LogP contribution in [0.15, 0.2) is 88.5 Å². The summed E-state index contributed by atoms with van der Waals surface area (Å²) in [4.78, 5) is 0. The minimum Gasteiger partial charge on any atom is -0.497 e. The van der Waals surface area contributed by atoms with E-state index in [4.69, 9.17) is 14.2 Å². The van der Waals surface area contributed by atoms with Gasteiger partial charge in [-0.2, -0.15) is 4.57 Å². The molecule has 5 nitrogen and oxygen atoms in total. The normalized spacial score (nSPS) is 22.8. The van der Waals surface area contributed by atoms with E-state index in [1.165, 1.54) is 40.6 Å². The standard InChI is InChI=1S/C35H38Br2N2O3/c1-5-23-21-39(22-26-17-28(41-3)7-10-33(26)37)15-13-30(23)35(39)18-24-12-14-38(34-11-8-29(42-4)19-31(24)34)20-25-16-27(40-2)6-9-32(25)36/h5-12,14,16-17,19,23,30,35H,1,13,15,18,20-22H2,2-4H3/q+2/t23-,30?,35?,39?/m0/s1. The molecule has 3 aromatic carbocycles. The van der Waals surface area contributed by atoms with E-state index < -0.39 is 0 Å². The molecule has 3 heterocycles. The van der Waals surface area contributed by atoms with E-state index >= 15 is 0 Å². The van der Waals surface area contributed by atoms with Gasteiger partial charge in [-0.15, -0.1) is 6.58 Å². The summed E-state index contributed by atoms with van der Waals surface area (Å²) in [5, 5.41) is 1.25. The van der Waals surface area contributed by atoms with Gasteiger partial charge in [0, 0.05) is 56.9 Å². The van der Waals surface area contributed by atoms with Gasteiger partial charge < -0.3 is 18.7 Å². The SMILES string of the molecule is C=C[C@H]1C[N+]2(Cc3cc(OC)ccc3Br)CCC1C2Cc1cc[n+](Cc2cc(OC)ccc2Br)c2ccc(OC)cc12. The maximum Gasteiger partial charge on any atom is 0.213 e. The maximum atomic E-state index is 5.71. The third kappa shape index (κ3) is 5.36. The molecular formula is C35H38Br2N2O3+2. The van der Waals surface area contributed by atoms with Crippen LogP contribution in [0.3, 0.4) is 0 Å². The van der Waals surface area contributed by atoms with Gasteiger partial charge in [-0.05, 0) is 54.1 Å². The summed E-state index contributed by atoms with van der Waals surface area (Å²) in [5.41, 5.74) is 5.06. The fraction of sp³-hybridized carbons (Fsp3) is 0.343. The average Bonchev–Trinajstić information content (AvgIpc) is 3.50. The Morgan fingerprint density at radius 1 is 0.857 bits per heavy atom. The fourth-order valence-electron chi connectivity index (χ4n) is 7.47. The lowest BCUT2D eigenvalue weighted by Gasteiger charge is -2.38. The molecule has 0 saturated carbocycles. The third-order valence-electron chi connectivity index (χ3n) is 9.61. The van der Waals surface area contributed by atoms with Crippen molar-refractivity contribution in [3.63, 3.8) is 0 Å². The molecule has 2 fully saturated rings. The number of benzene rings is 3. The molecule has 4 atom stereocenters. The molecule has 6 rings (SSSR count). The van der Waals surface area contributed by atoms with Crippen molar-refractivity contribution in [2.24, 2.45) is 11.8 Å². The Balaban J connectivity index is 1.39. The summed E-state index contributed by atoms with van der Waals surface area (Å²) >= 11 is 7.58. The number of pyridine rings is 1. The minimum absolute atomic E-state index is 0.517. The molecule has 0 aliphatic carbocycles. The molecule has 2 aliphatic rings. The van der Waals surface area contributed by atoms with Crippen molar-refractivity contribution >= 4 is 42.8 Å². The number of hydrogen-bond acceptors (Lipinski definition) is 3. The number of aromatic nitrogens is 1. The summed E-state index contributed by atoms with van der Waals surface area (Å²) < 4.78 is 22.4. The van der Waals surface area contributed by atoms with Crippen LogP contribution in [0.25, 0.3) is 10.9 Å². The van der Waals surface area contributed by atoms with Gasteiger partial charge >= 0.3 is 0 Å². The van der Waals surface area contributed by atoms with E-state index in [9.17, 15) is 0 Å². The van der Waals surface area contributed by atoms with Crippen molar-refractivity contribution in [2.45, 2.75) is 32.0 Å². The first kappa shape index (κ1) is 29.2. The molecule has 42 heavy (non-hydrogen) atoms. The second-order valence-electron chi connectivity index (χ2n) is 11.7. The molecule has 2 bridgehead atoms. The Morgan fingerprint density at radius 2 is 1.50 bits per heavy atom. The lowest BCUT2D eigenvalue weighted by Crippen LogP contribution is -2.50. The van der Waals surface area contributed by atoms with Gasteiger partial charge in [0.15, 0.2) is 12.7 Å². The van der Waals surface area contributed by atoms with Crippen LogP contribution in [0.4, 0.5) is 0 Å². The summed E-state index contributed by atoms with van der Waals surface area (Å²) in [6.45, 7) is 8.31. The van der Waals surface area contributed by atoms with Crippen LogP contribution < -0.4 is 18.8 Å². The number of ether oxygens (including phenoxy) is 3. The first-order valence-electron chi connectivity index (χ1n) is 14.5. The van der Waals surface area contributed by atoms with E-state index in [0.29, 0.717) is 17.9 Å². The molecule has 2 aliphatic heterocycles. The predicted molar refractivity (Wildman–Crippen MR) is 174 cm³/mol. The molecular weight excluding hydrogens is 656 g/mol. The molecule has 2 saturated heterocycles. The highest BCUT2D eigenvalue weighted by Crippen LogP contribution is 2.49. The largest absolute Gasteiger partial charge is 0.497 e. The monoisotopic (exact) mass is 692 g/mol. The van der Waals surface area contributed by atoms with Gasteiger partial charge in [0.25, 0.3) is 0 Å². The predicted octanol–water partition coefficient (Wildman–Crippen LogP) is 7.49.